The summed E-state index contributed by atoms with van der Waals surface area (Å²) in [6.45, 7) is 0.407. The number of rotatable bonds is 5. The maximum Gasteiger partial charge on any atom is 0.292 e. The third-order valence-electron chi connectivity index (χ3n) is 7.70. The number of aromatic nitrogens is 7. The molecular formula is C23H26N10OS. The van der Waals surface area contributed by atoms with Gasteiger partial charge in [0.05, 0.1) is 22.3 Å². The molecule has 3 fully saturated rings. The van der Waals surface area contributed by atoms with E-state index in [1.54, 1.807) is 15.9 Å². The smallest absolute Gasteiger partial charge is 0.292 e. The van der Waals surface area contributed by atoms with Gasteiger partial charge in [0.1, 0.15) is 17.2 Å². The summed E-state index contributed by atoms with van der Waals surface area (Å²) in [7, 11) is 0. The minimum atomic E-state index is -0.0576. The first-order valence-corrected chi connectivity index (χ1v) is 12.9. The molecule has 11 nitrogen and oxygen atoms in total. The summed E-state index contributed by atoms with van der Waals surface area (Å²) < 4.78 is 1.78. The lowest BCUT2D eigenvalue weighted by molar-refractivity contribution is 0.0557. The number of nitrogens with two attached hydrogens (primary N) is 2. The maximum absolute atomic E-state index is 13.1. The van der Waals surface area contributed by atoms with Crippen LogP contribution in [0.25, 0.3) is 16.1 Å². The van der Waals surface area contributed by atoms with Crippen LogP contribution in [0.5, 0.6) is 0 Å². The molecule has 35 heavy (non-hydrogen) atoms. The fourth-order valence-electron chi connectivity index (χ4n) is 6.01. The van der Waals surface area contributed by atoms with Crippen molar-refractivity contribution in [1.29, 1.82) is 0 Å². The highest BCUT2D eigenvalue weighted by atomic mass is 32.1. The van der Waals surface area contributed by atoms with E-state index in [1.807, 2.05) is 17.3 Å². The fraction of sp³-hybridized carbons (Fsp3) is 0.478. The number of carbonyl (C=O) groups excluding carboxylic acids is 1. The lowest BCUT2D eigenvalue weighted by Gasteiger charge is -2.39. The summed E-state index contributed by atoms with van der Waals surface area (Å²) in [5.41, 5.74) is 16.5. The number of hydrogen-bond donors (Lipinski definition) is 3. The SMILES string of the molecule is NCc1ncc(-c2cnn3c(N)c(C4CC4)c([C@@H]4C[C@H]5CC[C@@H](C4)N5C(=O)c4nnc[nH]4)nc23)s1. The highest BCUT2D eigenvalue weighted by molar-refractivity contribution is 7.15. The second-order valence-electron chi connectivity index (χ2n) is 9.79. The number of anilines is 1. The van der Waals surface area contributed by atoms with Crippen LogP contribution in [0.3, 0.4) is 0 Å². The molecule has 4 aromatic rings. The minimum Gasteiger partial charge on any atom is -0.383 e. The molecule has 7 rings (SSSR count). The van der Waals surface area contributed by atoms with Crippen molar-refractivity contribution in [2.75, 3.05) is 5.73 Å². The number of carbonyl (C=O) groups is 1. The Balaban J connectivity index is 1.28. The fourth-order valence-corrected chi connectivity index (χ4v) is 6.82. The van der Waals surface area contributed by atoms with E-state index in [9.17, 15) is 4.79 Å². The second-order valence-corrected chi connectivity index (χ2v) is 10.9. The van der Waals surface area contributed by atoms with Crippen LogP contribution in [0.2, 0.25) is 0 Å². The Morgan fingerprint density at radius 3 is 2.60 bits per heavy atom. The van der Waals surface area contributed by atoms with E-state index in [0.717, 1.165) is 70.9 Å². The molecule has 1 saturated carbocycles. The van der Waals surface area contributed by atoms with Crippen molar-refractivity contribution >= 4 is 28.7 Å². The van der Waals surface area contributed by atoms with Gasteiger partial charge < -0.3 is 21.4 Å². The zero-order chi connectivity index (χ0) is 23.7. The first-order chi connectivity index (χ1) is 17.1. The van der Waals surface area contributed by atoms with Crippen LogP contribution in [0.15, 0.2) is 18.7 Å². The van der Waals surface area contributed by atoms with Gasteiger partial charge in [0.15, 0.2) is 5.65 Å². The number of thiazole rings is 1. The van der Waals surface area contributed by atoms with Crippen molar-refractivity contribution in [3.8, 4) is 10.4 Å². The molecule has 0 spiro atoms. The largest absolute Gasteiger partial charge is 0.383 e. The van der Waals surface area contributed by atoms with Crippen molar-refractivity contribution in [1.82, 2.24) is 39.7 Å². The number of hydrogen-bond acceptors (Lipinski definition) is 9. The lowest BCUT2D eigenvalue weighted by Crippen LogP contribution is -2.46. The average molecular weight is 491 g/mol. The molecule has 3 atom stereocenters. The summed E-state index contributed by atoms with van der Waals surface area (Å²) in [5.74, 6) is 1.63. The van der Waals surface area contributed by atoms with Crippen LogP contribution in [-0.2, 0) is 6.54 Å². The number of nitrogens with one attached hydrogen (secondary N) is 1. The van der Waals surface area contributed by atoms with Crippen molar-refractivity contribution in [2.24, 2.45) is 5.73 Å². The third-order valence-corrected chi connectivity index (χ3v) is 8.76. The number of nitrogens with zero attached hydrogens (tertiary/aromatic N) is 7. The highest BCUT2D eigenvalue weighted by Crippen LogP contribution is 2.50. The molecule has 1 aliphatic carbocycles. The molecule has 1 amide bonds. The summed E-state index contributed by atoms with van der Waals surface area (Å²) in [5, 5.41) is 13.2. The molecule has 12 heteroatoms. The Hall–Kier alpha value is -3.38. The molecule has 0 unspecified atom stereocenters. The predicted octanol–water partition coefficient (Wildman–Crippen LogP) is 2.44. The van der Waals surface area contributed by atoms with Gasteiger partial charge in [0.25, 0.3) is 5.91 Å². The molecule has 5 N–H and O–H groups in total. The number of aromatic amines is 1. The van der Waals surface area contributed by atoms with Gasteiger partial charge in [-0.25, -0.2) is 9.97 Å². The Labute approximate surface area is 205 Å². The van der Waals surface area contributed by atoms with Gasteiger partial charge in [-0.15, -0.1) is 21.5 Å². The van der Waals surface area contributed by atoms with Crippen LogP contribution in [-0.4, -0.2) is 57.7 Å². The molecule has 6 heterocycles. The topological polar surface area (TPSA) is 157 Å². The van der Waals surface area contributed by atoms with E-state index in [1.165, 1.54) is 6.33 Å². The molecule has 0 radical (unpaired) electrons. The van der Waals surface area contributed by atoms with Crippen LogP contribution in [0.4, 0.5) is 5.82 Å². The standard InChI is InChI=1S/C23H26N10OS/c24-7-17-26-9-16(35-17)15-8-29-33-20(25)18(11-1-2-11)19(30-22(15)33)12-5-13-3-4-14(6-12)32(13)23(34)21-27-10-28-31-21/h8-14H,1-7,24-25H2,(H,27,28,31)/t12-,13-,14+. The molecule has 180 valence electrons. The van der Waals surface area contributed by atoms with Crippen molar-refractivity contribution in [3.05, 3.63) is 40.8 Å². The van der Waals surface area contributed by atoms with Gasteiger partial charge in [-0.2, -0.15) is 9.61 Å². The maximum atomic E-state index is 13.1. The summed E-state index contributed by atoms with van der Waals surface area (Å²) >= 11 is 1.56. The first-order valence-electron chi connectivity index (χ1n) is 12.1. The van der Waals surface area contributed by atoms with Gasteiger partial charge in [0, 0.05) is 36.3 Å². The predicted molar refractivity (Wildman–Crippen MR) is 130 cm³/mol. The Morgan fingerprint density at radius 1 is 1.14 bits per heavy atom. The normalized spacial score (nSPS) is 23.9. The Morgan fingerprint density at radius 2 is 1.94 bits per heavy atom. The molecule has 0 aromatic carbocycles. The Kier molecular flexibility index (Phi) is 4.68. The van der Waals surface area contributed by atoms with Crippen LogP contribution < -0.4 is 11.5 Å². The van der Waals surface area contributed by atoms with Crippen molar-refractivity contribution in [3.63, 3.8) is 0 Å². The van der Waals surface area contributed by atoms with Crippen molar-refractivity contribution in [2.45, 2.75) is 69.0 Å². The average Bonchev–Trinajstić information content (AvgIpc) is 3.26. The number of piperidine rings is 1. The molecule has 3 aliphatic rings. The van der Waals surface area contributed by atoms with Crippen LogP contribution in [0.1, 0.15) is 77.2 Å². The minimum absolute atomic E-state index is 0.0576. The molecule has 2 aliphatic heterocycles. The van der Waals surface area contributed by atoms with E-state index in [-0.39, 0.29) is 23.9 Å². The van der Waals surface area contributed by atoms with Gasteiger partial charge in [-0.3, -0.25) is 4.79 Å². The van der Waals surface area contributed by atoms with E-state index in [4.69, 9.17) is 16.5 Å². The second kappa shape index (κ2) is 7.82. The summed E-state index contributed by atoms with van der Waals surface area (Å²) in [6, 6.07) is 0.335. The molecule has 2 bridgehead atoms. The van der Waals surface area contributed by atoms with Crippen molar-refractivity contribution < 1.29 is 4.79 Å². The Bertz CT molecular complexity index is 1410. The van der Waals surface area contributed by atoms with Gasteiger partial charge in [-0.05, 0) is 44.4 Å². The highest BCUT2D eigenvalue weighted by Gasteiger charge is 2.46. The molecule has 4 aromatic heterocycles. The summed E-state index contributed by atoms with van der Waals surface area (Å²) in [4.78, 5) is 28.6. The number of H-pyrrole nitrogens is 1. The molecular weight excluding hydrogens is 464 g/mol. The van der Waals surface area contributed by atoms with Gasteiger partial charge >= 0.3 is 0 Å². The van der Waals surface area contributed by atoms with E-state index < -0.39 is 0 Å². The quantitative estimate of drug-likeness (QED) is 0.385. The monoisotopic (exact) mass is 490 g/mol. The van der Waals surface area contributed by atoms with Gasteiger partial charge in [-0.1, -0.05) is 0 Å². The number of fused-ring (bicyclic) bond motifs is 3. The lowest BCUT2D eigenvalue weighted by atomic mass is 9.85. The third kappa shape index (κ3) is 3.27. The number of nitrogen functional groups attached to an aromatic ring is 1. The molecule has 2 saturated heterocycles. The van der Waals surface area contributed by atoms with E-state index >= 15 is 0 Å². The van der Waals surface area contributed by atoms with Crippen LogP contribution in [0, 0.1) is 0 Å². The van der Waals surface area contributed by atoms with Gasteiger partial charge in [0.2, 0.25) is 5.82 Å². The summed E-state index contributed by atoms with van der Waals surface area (Å²) in [6.07, 6.45) is 11.1. The van der Waals surface area contributed by atoms with E-state index in [0.29, 0.717) is 24.1 Å². The number of amides is 1. The van der Waals surface area contributed by atoms with Crippen LogP contribution >= 0.6 is 11.3 Å². The first kappa shape index (κ1) is 20.9. The zero-order valence-corrected chi connectivity index (χ0v) is 19.9. The van der Waals surface area contributed by atoms with E-state index in [2.05, 4.69) is 25.3 Å². The zero-order valence-electron chi connectivity index (χ0n) is 19.1.